The van der Waals surface area contributed by atoms with Gasteiger partial charge in [0.25, 0.3) is 0 Å². The van der Waals surface area contributed by atoms with Crippen molar-refractivity contribution in [3.05, 3.63) is 0 Å². The molecule has 0 aliphatic carbocycles. The average molecular weight is 813 g/mol. The summed E-state index contributed by atoms with van der Waals surface area (Å²) in [6, 6.07) is 0. The highest BCUT2D eigenvalue weighted by Crippen LogP contribution is 2.15. The predicted molar refractivity (Wildman–Crippen MR) is 224 cm³/mol. The minimum atomic E-state index is -0.646. The first-order valence-electron chi connectivity index (χ1n) is 23.1. The summed E-state index contributed by atoms with van der Waals surface area (Å²) < 4.78 is 26.7. The second-order valence-electron chi connectivity index (χ2n) is 15.9. The molecule has 0 heterocycles. The Hall–Kier alpha value is -2.69. The van der Waals surface area contributed by atoms with Crippen molar-refractivity contribution < 1.29 is 52.8 Å². The summed E-state index contributed by atoms with van der Waals surface area (Å²) in [7, 11) is 0. The summed E-state index contributed by atoms with van der Waals surface area (Å²) >= 11 is 0. The molecule has 0 bridgehead atoms. The van der Waals surface area contributed by atoms with Gasteiger partial charge in [-0.05, 0) is 19.3 Å². The number of rotatable bonds is 42. The van der Waals surface area contributed by atoms with Crippen LogP contribution in [0.5, 0.6) is 0 Å². The molecule has 1 N–H and O–H groups in total. The van der Waals surface area contributed by atoms with E-state index in [1.54, 1.807) is 0 Å². The SMILES string of the molecule is CCCCCCCCCCCCCCCCCC(=O)OCC(CO)COC(=O)CCC(=O)OCC(COC(=O)CCCCCCC)COC(=O)CCCCCCC. The number of esters is 5. The Balaban J connectivity index is 4.28. The van der Waals surface area contributed by atoms with Gasteiger partial charge in [0.2, 0.25) is 0 Å². The van der Waals surface area contributed by atoms with Gasteiger partial charge in [0, 0.05) is 19.3 Å². The number of hydrogen-bond acceptors (Lipinski definition) is 11. The molecule has 0 fully saturated rings. The molecule has 0 saturated carbocycles. The molecule has 0 aromatic heterocycles. The molecule has 0 saturated heterocycles. The van der Waals surface area contributed by atoms with E-state index < -0.39 is 23.8 Å². The number of hydrogen-bond donors (Lipinski definition) is 1. The molecule has 334 valence electrons. The highest BCUT2D eigenvalue weighted by molar-refractivity contribution is 5.77. The number of aliphatic hydroxyl groups is 1. The van der Waals surface area contributed by atoms with Crippen molar-refractivity contribution in [2.75, 3.05) is 39.6 Å². The van der Waals surface area contributed by atoms with Gasteiger partial charge >= 0.3 is 29.8 Å². The van der Waals surface area contributed by atoms with Crippen molar-refractivity contribution in [3.8, 4) is 0 Å². The van der Waals surface area contributed by atoms with Crippen molar-refractivity contribution in [1.29, 1.82) is 0 Å². The fourth-order valence-electron chi connectivity index (χ4n) is 6.30. The number of unbranched alkanes of at least 4 members (excludes halogenated alkanes) is 22. The molecule has 0 spiro atoms. The third-order valence-corrected chi connectivity index (χ3v) is 10.1. The molecule has 11 nitrogen and oxygen atoms in total. The maximum Gasteiger partial charge on any atom is 0.306 e. The maximum absolute atomic E-state index is 12.5. The van der Waals surface area contributed by atoms with Crippen LogP contribution < -0.4 is 0 Å². The molecule has 0 aliphatic heterocycles. The van der Waals surface area contributed by atoms with Gasteiger partial charge in [-0.3, -0.25) is 24.0 Å². The lowest BCUT2D eigenvalue weighted by Crippen LogP contribution is -2.26. The highest BCUT2D eigenvalue weighted by Gasteiger charge is 2.19. The van der Waals surface area contributed by atoms with Gasteiger partial charge in [-0.15, -0.1) is 0 Å². The lowest BCUT2D eigenvalue weighted by atomic mass is 10.0. The summed E-state index contributed by atoms with van der Waals surface area (Å²) in [6.07, 6.45) is 29.2. The Labute approximate surface area is 346 Å². The van der Waals surface area contributed by atoms with Crippen LogP contribution in [0, 0.1) is 11.8 Å². The summed E-state index contributed by atoms with van der Waals surface area (Å²) in [5.41, 5.74) is 0. The van der Waals surface area contributed by atoms with E-state index in [1.165, 1.54) is 77.0 Å². The van der Waals surface area contributed by atoms with Crippen LogP contribution >= 0.6 is 0 Å². The second kappa shape index (κ2) is 41.5. The normalized spacial score (nSPS) is 11.7. The minimum absolute atomic E-state index is 0.0561. The summed E-state index contributed by atoms with van der Waals surface area (Å²) in [5, 5.41) is 9.69. The predicted octanol–water partition coefficient (Wildman–Crippen LogP) is 10.7. The highest BCUT2D eigenvalue weighted by atomic mass is 16.6. The van der Waals surface area contributed by atoms with Gasteiger partial charge in [-0.1, -0.05) is 162 Å². The van der Waals surface area contributed by atoms with E-state index in [-0.39, 0.29) is 70.4 Å². The summed E-state index contributed by atoms with van der Waals surface area (Å²) in [4.78, 5) is 61.5. The van der Waals surface area contributed by atoms with Crippen LogP contribution in [0.4, 0.5) is 0 Å². The zero-order valence-electron chi connectivity index (χ0n) is 36.6. The zero-order valence-corrected chi connectivity index (χ0v) is 36.6. The Bertz CT molecular complexity index is 955. The molecule has 11 heteroatoms. The van der Waals surface area contributed by atoms with Crippen molar-refractivity contribution >= 4 is 29.8 Å². The van der Waals surface area contributed by atoms with Crippen molar-refractivity contribution in [1.82, 2.24) is 0 Å². The van der Waals surface area contributed by atoms with Crippen LogP contribution in [0.25, 0.3) is 0 Å². The number of carbonyl (C=O) groups is 5. The summed E-state index contributed by atoms with van der Waals surface area (Å²) in [5.74, 6) is -3.41. The van der Waals surface area contributed by atoms with Crippen LogP contribution in [-0.4, -0.2) is 74.6 Å². The lowest BCUT2D eigenvalue weighted by Gasteiger charge is -2.18. The van der Waals surface area contributed by atoms with E-state index in [4.69, 9.17) is 23.7 Å². The molecule has 1 atom stereocenters. The first-order valence-corrected chi connectivity index (χ1v) is 23.1. The smallest absolute Gasteiger partial charge is 0.306 e. The molecule has 0 rings (SSSR count). The second-order valence-corrected chi connectivity index (χ2v) is 15.9. The third kappa shape index (κ3) is 38.6. The molecular formula is C46H84O11. The van der Waals surface area contributed by atoms with Gasteiger partial charge in [0.15, 0.2) is 0 Å². The first kappa shape index (κ1) is 54.3. The van der Waals surface area contributed by atoms with E-state index in [0.29, 0.717) is 19.3 Å². The fraction of sp³-hybridized carbons (Fsp3) is 0.891. The molecule has 0 radical (unpaired) electrons. The topological polar surface area (TPSA) is 152 Å². The number of aliphatic hydroxyl groups excluding tert-OH is 1. The molecule has 1 unspecified atom stereocenters. The molecular weight excluding hydrogens is 728 g/mol. The van der Waals surface area contributed by atoms with E-state index in [1.807, 2.05) is 0 Å². The summed E-state index contributed by atoms with van der Waals surface area (Å²) in [6.45, 7) is 5.73. The molecule has 0 aromatic carbocycles. The number of carbonyl (C=O) groups excluding carboxylic acids is 5. The van der Waals surface area contributed by atoms with Crippen LogP contribution in [-0.2, 0) is 47.7 Å². The van der Waals surface area contributed by atoms with Crippen molar-refractivity contribution in [3.63, 3.8) is 0 Å². The largest absolute Gasteiger partial charge is 0.465 e. The molecule has 0 aromatic rings. The van der Waals surface area contributed by atoms with Gasteiger partial charge in [-0.25, -0.2) is 0 Å². The Morgan fingerprint density at radius 2 is 0.526 bits per heavy atom. The molecule has 57 heavy (non-hydrogen) atoms. The van der Waals surface area contributed by atoms with Crippen LogP contribution in [0.15, 0.2) is 0 Å². The Kier molecular flexibility index (Phi) is 39.5. The van der Waals surface area contributed by atoms with Gasteiger partial charge in [0.05, 0.1) is 44.5 Å². The first-order chi connectivity index (χ1) is 27.7. The maximum atomic E-state index is 12.5. The third-order valence-electron chi connectivity index (χ3n) is 10.1. The van der Waals surface area contributed by atoms with E-state index in [2.05, 4.69) is 20.8 Å². The van der Waals surface area contributed by atoms with Gasteiger partial charge in [0.1, 0.15) is 19.8 Å². The molecule has 0 aliphatic rings. The van der Waals surface area contributed by atoms with E-state index in [0.717, 1.165) is 83.5 Å². The minimum Gasteiger partial charge on any atom is -0.465 e. The quantitative estimate of drug-likeness (QED) is 0.0356. The Morgan fingerprint density at radius 1 is 0.316 bits per heavy atom. The average Bonchev–Trinajstić information content (AvgIpc) is 3.20. The van der Waals surface area contributed by atoms with Gasteiger partial charge < -0.3 is 28.8 Å². The Morgan fingerprint density at radius 3 is 0.772 bits per heavy atom. The monoisotopic (exact) mass is 813 g/mol. The van der Waals surface area contributed by atoms with E-state index in [9.17, 15) is 29.1 Å². The zero-order chi connectivity index (χ0) is 42.0. The van der Waals surface area contributed by atoms with Crippen LogP contribution in [0.2, 0.25) is 0 Å². The van der Waals surface area contributed by atoms with Crippen LogP contribution in [0.3, 0.4) is 0 Å². The molecule has 0 amide bonds. The van der Waals surface area contributed by atoms with Crippen molar-refractivity contribution in [2.24, 2.45) is 11.8 Å². The van der Waals surface area contributed by atoms with Gasteiger partial charge in [-0.2, -0.15) is 0 Å². The standard InChI is InChI=1S/C46H84O11/c1-4-7-10-13-14-15-16-17-18-19-20-21-22-25-28-31-42(48)53-35-40(34-47)36-54-45(51)32-33-46(52)57-39-41(37-55-43(49)29-26-23-11-8-5-2)38-56-44(50)30-27-24-12-9-6-3/h40-41,47H,4-39H2,1-3H3. The van der Waals surface area contributed by atoms with Crippen LogP contribution in [0.1, 0.15) is 213 Å². The van der Waals surface area contributed by atoms with E-state index >= 15 is 0 Å². The van der Waals surface area contributed by atoms with Crippen molar-refractivity contribution in [2.45, 2.75) is 213 Å². The fourth-order valence-corrected chi connectivity index (χ4v) is 6.30. The number of ether oxygens (including phenoxy) is 5. The lowest BCUT2D eigenvalue weighted by molar-refractivity contribution is -0.157.